The standard InChI is InChI=1S/C30H39Br2N5O5/c1-35(15-8-12-33-28(38)26(34-41)20-21-18-24(31)27(42-3)25(32)19-21)13-6-7-14-36(2)16-9-17-37-29(39)22-10-4-5-11-23(22)30(37)40/h4-5,10-11,18-19,41H,6-9,12-17,20H2,1-3H3,(H,33,38)/b34-26+. The minimum atomic E-state index is -0.394. The highest BCUT2D eigenvalue weighted by Crippen LogP contribution is 2.34. The van der Waals surface area contributed by atoms with Gasteiger partial charge in [-0.25, -0.2) is 0 Å². The number of benzene rings is 2. The van der Waals surface area contributed by atoms with Crippen molar-refractivity contribution in [2.24, 2.45) is 5.16 Å². The zero-order valence-corrected chi connectivity index (χ0v) is 27.5. The molecule has 0 saturated carbocycles. The monoisotopic (exact) mass is 707 g/mol. The van der Waals surface area contributed by atoms with Gasteiger partial charge in [-0.15, -0.1) is 0 Å². The van der Waals surface area contributed by atoms with E-state index in [-0.39, 0.29) is 23.9 Å². The summed E-state index contributed by atoms with van der Waals surface area (Å²) in [5, 5.41) is 15.4. The summed E-state index contributed by atoms with van der Waals surface area (Å²) in [4.78, 5) is 43.3. The quantitative estimate of drug-likeness (QED) is 0.0822. The molecule has 1 aliphatic heterocycles. The summed E-state index contributed by atoms with van der Waals surface area (Å²) < 4.78 is 6.78. The van der Waals surface area contributed by atoms with E-state index in [9.17, 15) is 19.6 Å². The molecule has 0 atom stereocenters. The summed E-state index contributed by atoms with van der Waals surface area (Å²) in [6.45, 7) is 4.44. The van der Waals surface area contributed by atoms with Gasteiger partial charge >= 0.3 is 0 Å². The van der Waals surface area contributed by atoms with Gasteiger partial charge in [0.05, 0.1) is 27.2 Å². The fourth-order valence-electron chi connectivity index (χ4n) is 4.84. The molecule has 1 heterocycles. The fourth-order valence-corrected chi connectivity index (χ4v) is 6.45. The smallest absolute Gasteiger partial charge is 0.269 e. The lowest BCUT2D eigenvalue weighted by Gasteiger charge is -2.20. The second kappa shape index (κ2) is 16.7. The predicted octanol–water partition coefficient (Wildman–Crippen LogP) is 4.43. The van der Waals surface area contributed by atoms with Crippen LogP contribution in [0.2, 0.25) is 0 Å². The van der Waals surface area contributed by atoms with E-state index in [1.807, 2.05) is 12.1 Å². The van der Waals surface area contributed by atoms with Crippen molar-refractivity contribution in [3.05, 3.63) is 62.0 Å². The van der Waals surface area contributed by atoms with Crippen LogP contribution in [0, 0.1) is 0 Å². The lowest BCUT2D eigenvalue weighted by atomic mass is 10.1. The van der Waals surface area contributed by atoms with E-state index in [2.05, 4.69) is 66.2 Å². The fraction of sp³-hybridized carbons (Fsp3) is 0.467. The van der Waals surface area contributed by atoms with E-state index in [0.717, 1.165) is 66.4 Å². The summed E-state index contributed by atoms with van der Waals surface area (Å²) in [7, 11) is 5.70. The highest BCUT2D eigenvalue weighted by molar-refractivity contribution is 9.11. The van der Waals surface area contributed by atoms with Gasteiger partial charge in [0, 0.05) is 19.5 Å². The molecule has 0 saturated heterocycles. The molecule has 1 aliphatic rings. The predicted molar refractivity (Wildman–Crippen MR) is 170 cm³/mol. The van der Waals surface area contributed by atoms with Gasteiger partial charge in [-0.05, 0) is 128 Å². The highest BCUT2D eigenvalue weighted by Gasteiger charge is 2.34. The van der Waals surface area contributed by atoms with Crippen molar-refractivity contribution in [2.45, 2.75) is 32.1 Å². The minimum absolute atomic E-state index is 0.0418. The molecule has 12 heteroatoms. The molecule has 10 nitrogen and oxygen atoms in total. The molecule has 0 unspecified atom stereocenters. The van der Waals surface area contributed by atoms with Gasteiger partial charge in [-0.3, -0.25) is 19.3 Å². The molecule has 2 N–H and O–H groups in total. The second-order valence-electron chi connectivity index (χ2n) is 10.4. The molecule has 0 bridgehead atoms. The van der Waals surface area contributed by atoms with Crippen molar-refractivity contribution in [3.8, 4) is 5.75 Å². The van der Waals surface area contributed by atoms with Crippen LogP contribution in [0.4, 0.5) is 0 Å². The van der Waals surface area contributed by atoms with E-state index in [0.29, 0.717) is 30.0 Å². The van der Waals surface area contributed by atoms with Crippen molar-refractivity contribution in [1.82, 2.24) is 20.0 Å². The molecule has 0 spiro atoms. The Labute approximate surface area is 264 Å². The Kier molecular flexibility index (Phi) is 13.4. The highest BCUT2D eigenvalue weighted by atomic mass is 79.9. The maximum Gasteiger partial charge on any atom is 0.269 e. The summed E-state index contributed by atoms with van der Waals surface area (Å²) in [6, 6.07) is 10.6. The Morgan fingerprint density at radius 2 is 1.45 bits per heavy atom. The lowest BCUT2D eigenvalue weighted by molar-refractivity contribution is -0.115. The third-order valence-corrected chi connectivity index (χ3v) is 8.33. The molecule has 0 fully saturated rings. The number of hydrogen-bond acceptors (Lipinski definition) is 8. The molecular formula is C30H39Br2N5O5. The lowest BCUT2D eigenvalue weighted by Crippen LogP contribution is -2.34. The van der Waals surface area contributed by atoms with Crippen molar-refractivity contribution in [1.29, 1.82) is 0 Å². The number of nitrogens with zero attached hydrogens (tertiary/aromatic N) is 4. The third kappa shape index (κ3) is 9.35. The second-order valence-corrected chi connectivity index (χ2v) is 12.1. The SMILES string of the molecule is COc1c(Br)cc(C/C(=N\O)C(=O)NCCCN(C)CCCCN(C)CCCN2C(=O)c3ccccc3C2=O)cc1Br. The number of fused-ring (bicyclic) bond motifs is 1. The number of imide groups is 1. The Morgan fingerprint density at radius 3 is 1.98 bits per heavy atom. The molecule has 228 valence electrons. The Balaban J connectivity index is 1.25. The van der Waals surface area contributed by atoms with Gasteiger partial charge in [-0.1, -0.05) is 17.3 Å². The van der Waals surface area contributed by atoms with Crippen LogP contribution in [0.1, 0.15) is 52.0 Å². The van der Waals surface area contributed by atoms with Crippen LogP contribution < -0.4 is 10.1 Å². The van der Waals surface area contributed by atoms with Gasteiger partial charge in [0.15, 0.2) is 0 Å². The van der Waals surface area contributed by atoms with Crippen molar-refractivity contribution >= 4 is 55.3 Å². The van der Waals surface area contributed by atoms with Crippen LogP contribution in [0.15, 0.2) is 50.5 Å². The van der Waals surface area contributed by atoms with Crippen LogP contribution in [0.5, 0.6) is 5.75 Å². The van der Waals surface area contributed by atoms with Gasteiger partial charge in [-0.2, -0.15) is 0 Å². The topological polar surface area (TPSA) is 115 Å². The van der Waals surface area contributed by atoms with Crippen molar-refractivity contribution < 1.29 is 24.3 Å². The number of carbonyl (C=O) groups excluding carboxylic acids is 3. The largest absolute Gasteiger partial charge is 0.494 e. The maximum absolute atomic E-state index is 12.5. The minimum Gasteiger partial charge on any atom is -0.494 e. The van der Waals surface area contributed by atoms with E-state index in [1.54, 1.807) is 31.4 Å². The van der Waals surface area contributed by atoms with Crippen LogP contribution in [0.25, 0.3) is 0 Å². The normalized spacial score (nSPS) is 13.3. The summed E-state index contributed by atoms with van der Waals surface area (Å²) in [5.41, 5.74) is 1.83. The van der Waals surface area contributed by atoms with Crippen LogP contribution >= 0.6 is 31.9 Å². The van der Waals surface area contributed by atoms with Gasteiger partial charge < -0.3 is 25.1 Å². The maximum atomic E-state index is 12.5. The average molecular weight is 709 g/mol. The molecule has 2 aromatic rings. The first-order valence-electron chi connectivity index (χ1n) is 14.0. The molecule has 2 aromatic carbocycles. The third-order valence-electron chi connectivity index (χ3n) is 7.15. The molecule has 42 heavy (non-hydrogen) atoms. The summed E-state index contributed by atoms with van der Waals surface area (Å²) in [6.07, 6.45) is 3.78. The zero-order chi connectivity index (χ0) is 30.6. The number of oxime groups is 1. The van der Waals surface area contributed by atoms with Gasteiger partial charge in [0.25, 0.3) is 17.7 Å². The average Bonchev–Trinajstić information content (AvgIpc) is 3.21. The Bertz CT molecular complexity index is 1230. The van der Waals surface area contributed by atoms with Crippen LogP contribution in [-0.2, 0) is 11.2 Å². The van der Waals surface area contributed by atoms with E-state index < -0.39 is 5.91 Å². The molecule has 0 radical (unpaired) electrons. The number of ether oxygens (including phenoxy) is 1. The van der Waals surface area contributed by atoms with Crippen LogP contribution in [0.3, 0.4) is 0 Å². The number of methoxy groups -OCH3 is 1. The number of halogens is 2. The molecule has 3 rings (SSSR count). The number of amides is 3. The van der Waals surface area contributed by atoms with E-state index in [1.165, 1.54) is 4.90 Å². The molecule has 3 amide bonds. The zero-order valence-electron chi connectivity index (χ0n) is 24.4. The number of nitrogens with one attached hydrogen (secondary N) is 1. The van der Waals surface area contributed by atoms with Gasteiger partial charge in [0.1, 0.15) is 11.5 Å². The summed E-state index contributed by atoms with van der Waals surface area (Å²) in [5.74, 6) is -0.134. The van der Waals surface area contributed by atoms with Crippen molar-refractivity contribution in [3.63, 3.8) is 0 Å². The number of unbranched alkanes of at least 4 members (excludes halogenated alkanes) is 1. The van der Waals surface area contributed by atoms with Crippen LogP contribution in [-0.4, -0.2) is 104 Å². The summed E-state index contributed by atoms with van der Waals surface area (Å²) >= 11 is 6.89. The Hall–Kier alpha value is -2.80. The molecule has 0 aliphatic carbocycles. The number of rotatable bonds is 17. The number of hydrogen-bond donors (Lipinski definition) is 2. The molecular weight excluding hydrogens is 670 g/mol. The van der Waals surface area contributed by atoms with E-state index >= 15 is 0 Å². The first kappa shape index (κ1) is 33.7. The Morgan fingerprint density at radius 1 is 0.929 bits per heavy atom. The van der Waals surface area contributed by atoms with E-state index in [4.69, 9.17) is 4.74 Å². The number of carbonyl (C=O) groups is 3. The molecule has 0 aromatic heterocycles. The first-order valence-corrected chi connectivity index (χ1v) is 15.6. The van der Waals surface area contributed by atoms with Gasteiger partial charge in [0.2, 0.25) is 0 Å². The first-order chi connectivity index (χ1) is 20.2. The van der Waals surface area contributed by atoms with Crippen molar-refractivity contribution in [2.75, 3.05) is 60.5 Å².